The Morgan fingerprint density at radius 2 is 2.06 bits per heavy atom. The van der Waals surface area contributed by atoms with E-state index in [9.17, 15) is 4.79 Å². The first-order chi connectivity index (χ1) is 7.56. The van der Waals surface area contributed by atoms with Crippen LogP contribution >= 0.6 is 27.5 Å². The van der Waals surface area contributed by atoms with Crippen molar-refractivity contribution in [2.24, 2.45) is 0 Å². The van der Waals surface area contributed by atoms with Crippen LogP contribution in [-0.2, 0) is 0 Å². The zero-order valence-electron chi connectivity index (χ0n) is 8.46. The molecule has 0 spiro atoms. The van der Waals surface area contributed by atoms with E-state index in [4.69, 9.17) is 16.0 Å². The lowest BCUT2D eigenvalue weighted by molar-refractivity contribution is 0.101. The zero-order chi connectivity index (χ0) is 11.7. The minimum Gasteiger partial charge on any atom is -0.458 e. The number of rotatable bonds is 2. The number of halogens is 2. The highest BCUT2D eigenvalue weighted by molar-refractivity contribution is 9.10. The number of ketones is 1. The molecule has 0 fully saturated rings. The van der Waals surface area contributed by atoms with Gasteiger partial charge in [-0.15, -0.1) is 0 Å². The van der Waals surface area contributed by atoms with Crippen LogP contribution in [0.4, 0.5) is 0 Å². The van der Waals surface area contributed by atoms with Crippen molar-refractivity contribution >= 4 is 33.3 Å². The molecule has 0 saturated carbocycles. The Hall–Kier alpha value is -1.06. The molecule has 0 atom stereocenters. The third-order valence-corrected chi connectivity index (χ3v) is 2.76. The van der Waals surface area contributed by atoms with Crippen LogP contribution in [0, 0.1) is 6.92 Å². The molecule has 1 aromatic carbocycles. The van der Waals surface area contributed by atoms with Gasteiger partial charge in [0.2, 0.25) is 5.78 Å². The molecule has 4 heteroatoms. The van der Waals surface area contributed by atoms with Crippen LogP contribution in [0.5, 0.6) is 0 Å². The topological polar surface area (TPSA) is 30.2 Å². The van der Waals surface area contributed by atoms with Crippen molar-refractivity contribution in [3.05, 3.63) is 56.9 Å². The van der Waals surface area contributed by atoms with Gasteiger partial charge in [0.25, 0.3) is 0 Å². The van der Waals surface area contributed by atoms with Gasteiger partial charge in [-0.05, 0) is 37.3 Å². The molecule has 0 aliphatic carbocycles. The summed E-state index contributed by atoms with van der Waals surface area (Å²) in [5.74, 6) is 0.868. The van der Waals surface area contributed by atoms with Gasteiger partial charge in [-0.1, -0.05) is 27.5 Å². The summed E-state index contributed by atoms with van der Waals surface area (Å²) in [7, 11) is 0. The monoisotopic (exact) mass is 298 g/mol. The lowest BCUT2D eigenvalue weighted by atomic mass is 10.1. The van der Waals surface area contributed by atoms with Crippen LogP contribution in [-0.4, -0.2) is 5.78 Å². The molecule has 1 aromatic heterocycles. The van der Waals surface area contributed by atoms with Gasteiger partial charge in [0.1, 0.15) is 5.76 Å². The SMILES string of the molecule is Cc1ccc(C(=O)c2cc(Cl)cc(Br)c2)o1. The first-order valence-electron chi connectivity index (χ1n) is 4.63. The van der Waals surface area contributed by atoms with Crippen LogP contribution in [0.1, 0.15) is 21.9 Å². The fourth-order valence-electron chi connectivity index (χ4n) is 1.38. The number of aryl methyl sites for hydroxylation is 1. The predicted molar refractivity (Wildman–Crippen MR) is 66.0 cm³/mol. The fraction of sp³-hybridized carbons (Fsp3) is 0.0833. The van der Waals surface area contributed by atoms with Crippen molar-refractivity contribution in [3.63, 3.8) is 0 Å². The molecule has 0 radical (unpaired) electrons. The van der Waals surface area contributed by atoms with E-state index in [-0.39, 0.29) is 5.78 Å². The highest BCUT2D eigenvalue weighted by Crippen LogP contribution is 2.22. The summed E-state index contributed by atoms with van der Waals surface area (Å²) in [5, 5.41) is 0.515. The fourth-order valence-corrected chi connectivity index (χ4v) is 2.24. The quantitative estimate of drug-likeness (QED) is 0.777. The van der Waals surface area contributed by atoms with Gasteiger partial charge >= 0.3 is 0 Å². The highest BCUT2D eigenvalue weighted by atomic mass is 79.9. The van der Waals surface area contributed by atoms with Crippen molar-refractivity contribution in [1.82, 2.24) is 0 Å². The standard InChI is InChI=1S/C12H8BrClO2/c1-7-2-3-11(16-7)12(15)8-4-9(13)6-10(14)5-8/h2-6H,1H3. The molecule has 0 amide bonds. The molecule has 0 bridgehead atoms. The van der Waals surface area contributed by atoms with E-state index in [0.717, 1.165) is 4.47 Å². The average Bonchev–Trinajstić information content (AvgIpc) is 2.62. The molecule has 0 aliphatic rings. The lowest BCUT2D eigenvalue weighted by Gasteiger charge is -2.00. The number of carbonyl (C=O) groups is 1. The van der Waals surface area contributed by atoms with Crippen molar-refractivity contribution in [3.8, 4) is 0 Å². The number of hydrogen-bond acceptors (Lipinski definition) is 2. The number of furan rings is 1. The third-order valence-electron chi connectivity index (χ3n) is 2.09. The molecule has 2 aromatic rings. The van der Waals surface area contributed by atoms with Gasteiger partial charge in [0.15, 0.2) is 5.76 Å². The summed E-state index contributed by atoms with van der Waals surface area (Å²) < 4.78 is 6.04. The third kappa shape index (κ3) is 2.36. The molecule has 16 heavy (non-hydrogen) atoms. The first-order valence-corrected chi connectivity index (χ1v) is 5.80. The van der Waals surface area contributed by atoms with Gasteiger partial charge in [0.05, 0.1) is 0 Å². The van der Waals surface area contributed by atoms with E-state index in [2.05, 4.69) is 15.9 Å². The average molecular weight is 300 g/mol. The van der Waals surface area contributed by atoms with Crippen molar-refractivity contribution in [2.75, 3.05) is 0 Å². The minimum absolute atomic E-state index is 0.170. The van der Waals surface area contributed by atoms with E-state index < -0.39 is 0 Å². The Labute approximate surface area is 106 Å². The number of carbonyl (C=O) groups excluding carboxylic acids is 1. The second-order valence-corrected chi connectivity index (χ2v) is 4.75. The van der Waals surface area contributed by atoms with Gasteiger partial charge < -0.3 is 4.42 Å². The Balaban J connectivity index is 2.41. The maximum absolute atomic E-state index is 12.0. The van der Waals surface area contributed by atoms with Crippen molar-refractivity contribution < 1.29 is 9.21 Å². The summed E-state index contributed by atoms with van der Waals surface area (Å²) in [6, 6.07) is 8.48. The van der Waals surface area contributed by atoms with Gasteiger partial charge in [-0.3, -0.25) is 4.79 Å². The lowest BCUT2D eigenvalue weighted by Crippen LogP contribution is -1.99. The Morgan fingerprint density at radius 3 is 2.62 bits per heavy atom. The van der Waals surface area contributed by atoms with Crippen molar-refractivity contribution in [2.45, 2.75) is 6.92 Å². The smallest absolute Gasteiger partial charge is 0.228 e. The second-order valence-electron chi connectivity index (χ2n) is 3.40. The Bertz CT molecular complexity index is 525. The number of benzene rings is 1. The molecule has 0 saturated heterocycles. The summed E-state index contributed by atoms with van der Waals surface area (Å²) >= 11 is 9.17. The molecule has 0 unspecified atom stereocenters. The summed E-state index contributed by atoms with van der Waals surface area (Å²) in [6.45, 7) is 1.80. The molecule has 0 N–H and O–H groups in total. The van der Waals surface area contributed by atoms with E-state index >= 15 is 0 Å². The molecular weight excluding hydrogens is 291 g/mol. The largest absolute Gasteiger partial charge is 0.458 e. The summed E-state index contributed by atoms with van der Waals surface area (Å²) in [4.78, 5) is 12.0. The van der Waals surface area contributed by atoms with Crippen LogP contribution in [0.3, 0.4) is 0 Å². The van der Waals surface area contributed by atoms with Crippen LogP contribution in [0.25, 0.3) is 0 Å². The molecular formula is C12H8BrClO2. The molecule has 2 nitrogen and oxygen atoms in total. The molecule has 82 valence electrons. The van der Waals surface area contributed by atoms with Gasteiger partial charge in [0, 0.05) is 15.1 Å². The van der Waals surface area contributed by atoms with E-state index in [0.29, 0.717) is 22.1 Å². The predicted octanol–water partition coefficient (Wildman–Crippen LogP) is 4.23. The molecule has 2 rings (SSSR count). The molecule has 0 aliphatic heterocycles. The second kappa shape index (κ2) is 4.44. The zero-order valence-corrected chi connectivity index (χ0v) is 10.8. The van der Waals surface area contributed by atoms with Gasteiger partial charge in [-0.25, -0.2) is 0 Å². The van der Waals surface area contributed by atoms with Gasteiger partial charge in [-0.2, -0.15) is 0 Å². The molecule has 1 heterocycles. The van der Waals surface area contributed by atoms with Crippen LogP contribution in [0.15, 0.2) is 39.2 Å². The maximum Gasteiger partial charge on any atom is 0.228 e. The van der Waals surface area contributed by atoms with E-state index in [1.54, 1.807) is 37.3 Å². The highest BCUT2D eigenvalue weighted by Gasteiger charge is 2.13. The first kappa shape index (κ1) is 11.4. The van der Waals surface area contributed by atoms with Crippen LogP contribution < -0.4 is 0 Å². The maximum atomic E-state index is 12.0. The Morgan fingerprint density at radius 1 is 1.31 bits per heavy atom. The van der Waals surface area contributed by atoms with Crippen molar-refractivity contribution in [1.29, 1.82) is 0 Å². The van der Waals surface area contributed by atoms with E-state index in [1.807, 2.05) is 0 Å². The summed E-state index contributed by atoms with van der Waals surface area (Å²) in [6.07, 6.45) is 0. The number of hydrogen-bond donors (Lipinski definition) is 0. The minimum atomic E-state index is -0.170. The van der Waals surface area contributed by atoms with Crippen LogP contribution in [0.2, 0.25) is 5.02 Å². The van der Waals surface area contributed by atoms with E-state index in [1.165, 1.54) is 0 Å². The summed E-state index contributed by atoms with van der Waals surface area (Å²) in [5.41, 5.74) is 0.508. The Kier molecular flexibility index (Phi) is 3.17. The normalized spacial score (nSPS) is 10.4.